The van der Waals surface area contributed by atoms with Crippen molar-refractivity contribution in [1.82, 2.24) is 10.6 Å². The Labute approximate surface area is 172 Å². The Morgan fingerprint density at radius 2 is 1.67 bits per heavy atom. The molecule has 0 saturated carbocycles. The molecule has 0 unspecified atom stereocenters. The summed E-state index contributed by atoms with van der Waals surface area (Å²) in [6, 6.07) is 12.0. The van der Waals surface area contributed by atoms with Crippen molar-refractivity contribution in [1.29, 1.82) is 0 Å². The first-order chi connectivity index (χ1) is 14.4. The van der Waals surface area contributed by atoms with Crippen LogP contribution in [0.4, 0.5) is 0 Å². The highest BCUT2D eigenvalue weighted by Crippen LogP contribution is 2.10. The van der Waals surface area contributed by atoms with Gasteiger partial charge in [-0.3, -0.25) is 14.4 Å². The molecular formula is C20H21N5O5. The molecule has 0 aliphatic rings. The number of phenolic OH excluding ortho intramolecular Hbond substituents is 1. The molecule has 1 atom stereocenters. The van der Waals surface area contributed by atoms with Crippen LogP contribution in [0.3, 0.4) is 0 Å². The van der Waals surface area contributed by atoms with E-state index < -0.39 is 17.9 Å². The molecule has 0 radical (unpaired) electrons. The maximum atomic E-state index is 12.3. The smallest absolute Gasteiger partial charge is 0.305 e. The molecule has 2 aromatic carbocycles. The number of aromatic hydroxyl groups is 1. The number of carbonyl (C=O) groups is 3. The van der Waals surface area contributed by atoms with Crippen molar-refractivity contribution in [3.05, 3.63) is 75.7 Å². The van der Waals surface area contributed by atoms with Crippen molar-refractivity contribution >= 4 is 17.8 Å². The minimum atomic E-state index is -1.12. The standard InChI is InChI=1S/C20H21N5O5/c21-25-23-12-16(10-19(28)29)24-20(30)15-5-1-14(2-6-15)11-22-18(27)9-13-3-7-17(26)8-4-13/h1-8,16,26H,9-12H2,(H,22,27)(H,24,30)(H,28,29)/t16-/m0/s1. The first-order valence-electron chi connectivity index (χ1n) is 9.04. The molecule has 0 aliphatic heterocycles. The number of benzene rings is 2. The fourth-order valence-electron chi connectivity index (χ4n) is 2.61. The van der Waals surface area contributed by atoms with Crippen LogP contribution in [0.15, 0.2) is 53.6 Å². The number of nitrogens with zero attached hydrogens (tertiary/aromatic N) is 3. The van der Waals surface area contributed by atoms with Crippen LogP contribution in [0.5, 0.6) is 5.75 Å². The summed E-state index contributed by atoms with van der Waals surface area (Å²) in [4.78, 5) is 37.7. The molecule has 0 heterocycles. The molecule has 0 aromatic heterocycles. The van der Waals surface area contributed by atoms with Gasteiger partial charge in [-0.05, 0) is 40.9 Å². The van der Waals surface area contributed by atoms with E-state index >= 15 is 0 Å². The van der Waals surface area contributed by atoms with E-state index in [0.717, 1.165) is 11.1 Å². The summed E-state index contributed by atoms with van der Waals surface area (Å²) in [5.41, 5.74) is 10.2. The third-order valence-corrected chi connectivity index (χ3v) is 4.13. The maximum absolute atomic E-state index is 12.3. The summed E-state index contributed by atoms with van der Waals surface area (Å²) in [5, 5.41) is 26.7. The van der Waals surface area contributed by atoms with E-state index in [1.54, 1.807) is 36.4 Å². The van der Waals surface area contributed by atoms with Crippen molar-refractivity contribution in [3.8, 4) is 5.75 Å². The van der Waals surface area contributed by atoms with Crippen molar-refractivity contribution in [3.63, 3.8) is 0 Å². The predicted octanol–water partition coefficient (Wildman–Crippen LogP) is 2.13. The van der Waals surface area contributed by atoms with E-state index in [1.165, 1.54) is 12.1 Å². The Kier molecular flexibility index (Phi) is 8.22. The van der Waals surface area contributed by atoms with Gasteiger partial charge in [0, 0.05) is 29.6 Å². The van der Waals surface area contributed by atoms with Crippen molar-refractivity contribution < 1.29 is 24.6 Å². The highest BCUT2D eigenvalue weighted by atomic mass is 16.4. The van der Waals surface area contributed by atoms with Gasteiger partial charge in [0.15, 0.2) is 0 Å². The van der Waals surface area contributed by atoms with Gasteiger partial charge in [0.2, 0.25) is 5.91 Å². The number of aliphatic carboxylic acids is 1. The summed E-state index contributed by atoms with van der Waals surface area (Å²) in [7, 11) is 0. The van der Waals surface area contributed by atoms with Crippen LogP contribution < -0.4 is 10.6 Å². The topological polar surface area (TPSA) is 164 Å². The normalized spacial score (nSPS) is 11.1. The van der Waals surface area contributed by atoms with Gasteiger partial charge in [0.25, 0.3) is 5.91 Å². The largest absolute Gasteiger partial charge is 0.508 e. The molecule has 4 N–H and O–H groups in total. The zero-order valence-electron chi connectivity index (χ0n) is 16.0. The molecule has 0 aliphatic carbocycles. The molecule has 0 saturated heterocycles. The van der Waals surface area contributed by atoms with Crippen molar-refractivity contribution in [2.75, 3.05) is 6.54 Å². The number of azide groups is 1. The SMILES string of the molecule is [N-]=[N+]=NC[C@H](CC(=O)O)NC(=O)c1ccc(CNC(=O)Cc2ccc(O)cc2)cc1. The van der Waals surface area contributed by atoms with Crippen molar-refractivity contribution in [2.45, 2.75) is 25.4 Å². The Bertz CT molecular complexity index is 933. The number of carboxylic acid groups (broad SMARTS) is 1. The Balaban J connectivity index is 1.87. The monoisotopic (exact) mass is 411 g/mol. The van der Waals surface area contributed by atoms with Crippen LogP contribution >= 0.6 is 0 Å². The van der Waals surface area contributed by atoms with Gasteiger partial charge in [-0.25, -0.2) is 0 Å². The van der Waals surface area contributed by atoms with Crippen LogP contribution in [0, 0.1) is 0 Å². The molecule has 30 heavy (non-hydrogen) atoms. The van der Waals surface area contributed by atoms with E-state index in [0.29, 0.717) is 5.56 Å². The number of hydrogen-bond acceptors (Lipinski definition) is 5. The molecule has 0 fully saturated rings. The maximum Gasteiger partial charge on any atom is 0.305 e. The van der Waals surface area contributed by atoms with Crippen molar-refractivity contribution in [2.24, 2.45) is 5.11 Å². The van der Waals surface area contributed by atoms with Crippen LogP contribution in [0.25, 0.3) is 10.4 Å². The molecule has 0 bridgehead atoms. The van der Waals surface area contributed by atoms with E-state index in [9.17, 15) is 19.5 Å². The third kappa shape index (κ3) is 7.53. The van der Waals surface area contributed by atoms with Crippen LogP contribution in [-0.2, 0) is 22.6 Å². The summed E-state index contributed by atoms with van der Waals surface area (Å²) < 4.78 is 0. The zero-order chi connectivity index (χ0) is 21.9. The predicted molar refractivity (Wildman–Crippen MR) is 108 cm³/mol. The molecule has 156 valence electrons. The molecule has 2 rings (SSSR count). The second kappa shape index (κ2) is 11.1. The lowest BCUT2D eigenvalue weighted by Crippen LogP contribution is -2.38. The first kappa shape index (κ1) is 22.3. The van der Waals surface area contributed by atoms with E-state index in [1.807, 2.05) is 0 Å². The van der Waals surface area contributed by atoms with E-state index in [2.05, 4.69) is 20.7 Å². The first-order valence-corrected chi connectivity index (χ1v) is 9.04. The van der Waals surface area contributed by atoms with Crippen LogP contribution in [0.1, 0.15) is 27.9 Å². The average Bonchev–Trinajstić information content (AvgIpc) is 2.72. The number of nitrogens with one attached hydrogen (secondary N) is 2. The third-order valence-electron chi connectivity index (χ3n) is 4.13. The Morgan fingerprint density at radius 1 is 1.03 bits per heavy atom. The number of carbonyl (C=O) groups excluding carboxylic acids is 2. The lowest BCUT2D eigenvalue weighted by atomic mass is 10.1. The number of phenols is 1. The van der Waals surface area contributed by atoms with Crippen LogP contribution in [0.2, 0.25) is 0 Å². The fraction of sp³-hybridized carbons (Fsp3) is 0.250. The van der Waals surface area contributed by atoms with Gasteiger partial charge in [0.05, 0.1) is 12.8 Å². The summed E-state index contributed by atoms with van der Waals surface area (Å²) >= 11 is 0. The Hall–Kier alpha value is -4.04. The fourth-order valence-corrected chi connectivity index (χ4v) is 2.61. The zero-order valence-corrected chi connectivity index (χ0v) is 16.0. The number of rotatable bonds is 10. The van der Waals surface area contributed by atoms with Gasteiger partial charge >= 0.3 is 5.97 Å². The highest BCUT2D eigenvalue weighted by Gasteiger charge is 2.16. The number of carboxylic acids is 1. The quantitative estimate of drug-likeness (QED) is 0.267. The van der Waals surface area contributed by atoms with Gasteiger partial charge in [0.1, 0.15) is 5.75 Å². The molecule has 10 nitrogen and oxygen atoms in total. The highest BCUT2D eigenvalue weighted by molar-refractivity contribution is 5.94. The summed E-state index contributed by atoms with van der Waals surface area (Å²) in [6.07, 6.45) is -0.188. The molecule has 0 spiro atoms. The average molecular weight is 411 g/mol. The van der Waals surface area contributed by atoms with E-state index in [4.69, 9.17) is 10.6 Å². The van der Waals surface area contributed by atoms with Gasteiger partial charge in [-0.1, -0.05) is 29.4 Å². The lowest BCUT2D eigenvalue weighted by molar-refractivity contribution is -0.137. The van der Waals surface area contributed by atoms with Gasteiger partial charge in [-0.2, -0.15) is 0 Å². The molecule has 2 aromatic rings. The van der Waals surface area contributed by atoms with Gasteiger partial charge in [-0.15, -0.1) is 0 Å². The van der Waals surface area contributed by atoms with E-state index in [-0.39, 0.29) is 37.6 Å². The lowest BCUT2D eigenvalue weighted by Gasteiger charge is -2.14. The Morgan fingerprint density at radius 3 is 2.27 bits per heavy atom. The minimum absolute atomic E-state index is 0.135. The number of amides is 2. The molecular weight excluding hydrogens is 390 g/mol. The van der Waals surface area contributed by atoms with Crippen LogP contribution in [-0.4, -0.2) is 40.6 Å². The second-order valence-electron chi connectivity index (χ2n) is 6.50. The minimum Gasteiger partial charge on any atom is -0.508 e. The summed E-state index contributed by atoms with van der Waals surface area (Å²) in [6.45, 7) is 0.108. The van der Waals surface area contributed by atoms with Gasteiger partial charge < -0.3 is 20.8 Å². The second-order valence-corrected chi connectivity index (χ2v) is 6.50. The molecule has 10 heteroatoms. The molecule has 2 amide bonds. The summed E-state index contributed by atoms with van der Waals surface area (Å²) in [5.74, 6) is -1.66. The number of hydrogen-bond donors (Lipinski definition) is 4.